The second kappa shape index (κ2) is 2.31. The maximum atomic E-state index is 2.28. The molecule has 1 atom stereocenters. The Morgan fingerprint density at radius 2 is 2.20 bits per heavy atom. The van der Waals surface area contributed by atoms with Crippen molar-refractivity contribution in [2.75, 3.05) is 0 Å². The van der Waals surface area contributed by atoms with E-state index in [2.05, 4.69) is 31.2 Å². The molecule has 0 aliphatic carbocycles. The Morgan fingerprint density at radius 3 is 3.00 bits per heavy atom. The van der Waals surface area contributed by atoms with E-state index in [0.29, 0.717) is 0 Å². The van der Waals surface area contributed by atoms with Gasteiger partial charge in [0.1, 0.15) is 0 Å². The molecule has 0 spiro atoms. The first kappa shape index (κ1) is 6.29. The molecule has 0 bridgehead atoms. The van der Waals surface area contributed by atoms with E-state index in [1.54, 1.807) is 0 Å². The first-order valence-corrected chi connectivity index (χ1v) is 4.49. The van der Waals surface area contributed by atoms with Gasteiger partial charge in [0.15, 0.2) is 0 Å². The lowest BCUT2D eigenvalue weighted by Gasteiger charge is -1.93. The standard InChI is InChI=1S/C9H10S/c1-7-6-8-4-2-3-5-9(8)10-7/h2-5,7H,6H2,1H3. The molecule has 2 rings (SSSR count). The monoisotopic (exact) mass is 150 g/mol. The van der Waals surface area contributed by atoms with Crippen LogP contribution in [0.5, 0.6) is 0 Å². The van der Waals surface area contributed by atoms with Gasteiger partial charge in [0, 0.05) is 10.1 Å². The molecule has 1 aromatic rings. The maximum absolute atomic E-state index is 2.28. The van der Waals surface area contributed by atoms with Gasteiger partial charge >= 0.3 is 0 Å². The molecule has 1 aliphatic heterocycles. The summed E-state index contributed by atoms with van der Waals surface area (Å²) in [4.78, 5) is 1.48. The number of rotatable bonds is 0. The highest BCUT2D eigenvalue weighted by Gasteiger charge is 2.16. The van der Waals surface area contributed by atoms with Crippen molar-refractivity contribution in [3.8, 4) is 0 Å². The molecular formula is C9H10S. The molecule has 0 N–H and O–H groups in total. The maximum Gasteiger partial charge on any atom is 0.0107 e. The molecule has 0 saturated carbocycles. The zero-order valence-electron chi connectivity index (χ0n) is 6.00. The second-order valence-electron chi connectivity index (χ2n) is 2.74. The normalized spacial score (nSPS) is 22.7. The van der Waals surface area contributed by atoms with Crippen molar-refractivity contribution < 1.29 is 0 Å². The summed E-state index contributed by atoms with van der Waals surface area (Å²) in [6.45, 7) is 2.28. The van der Waals surface area contributed by atoms with Crippen molar-refractivity contribution in [1.82, 2.24) is 0 Å². The quantitative estimate of drug-likeness (QED) is 0.548. The summed E-state index contributed by atoms with van der Waals surface area (Å²) in [5.74, 6) is 0. The smallest absolute Gasteiger partial charge is 0.0107 e. The third-order valence-corrected chi connectivity index (χ3v) is 3.03. The van der Waals surface area contributed by atoms with E-state index in [4.69, 9.17) is 0 Å². The second-order valence-corrected chi connectivity index (χ2v) is 4.22. The Bertz CT molecular complexity index is 217. The molecule has 0 amide bonds. The summed E-state index contributed by atoms with van der Waals surface area (Å²) < 4.78 is 0. The van der Waals surface area contributed by atoms with Crippen molar-refractivity contribution >= 4 is 11.8 Å². The molecule has 0 nitrogen and oxygen atoms in total. The van der Waals surface area contributed by atoms with E-state index in [1.807, 2.05) is 11.8 Å². The van der Waals surface area contributed by atoms with Crippen molar-refractivity contribution in [1.29, 1.82) is 0 Å². The summed E-state index contributed by atoms with van der Waals surface area (Å²) in [6.07, 6.45) is 1.25. The van der Waals surface area contributed by atoms with Gasteiger partial charge in [-0.2, -0.15) is 0 Å². The van der Waals surface area contributed by atoms with Crippen LogP contribution in [-0.4, -0.2) is 5.25 Å². The average Bonchev–Trinajstić information content (AvgIpc) is 2.27. The molecule has 0 aromatic heterocycles. The van der Waals surface area contributed by atoms with Crippen LogP contribution in [0.15, 0.2) is 29.2 Å². The molecule has 1 aliphatic rings. The summed E-state index contributed by atoms with van der Waals surface area (Å²) in [5.41, 5.74) is 1.53. The largest absolute Gasteiger partial charge is 0.122 e. The van der Waals surface area contributed by atoms with Crippen molar-refractivity contribution in [3.05, 3.63) is 29.8 Å². The molecule has 0 fully saturated rings. The minimum Gasteiger partial charge on any atom is -0.122 e. The van der Waals surface area contributed by atoms with Crippen molar-refractivity contribution in [2.24, 2.45) is 0 Å². The molecule has 1 unspecified atom stereocenters. The van der Waals surface area contributed by atoms with Gasteiger partial charge in [-0.1, -0.05) is 25.1 Å². The fourth-order valence-corrected chi connectivity index (χ4v) is 2.51. The van der Waals surface area contributed by atoms with Gasteiger partial charge in [-0.3, -0.25) is 0 Å². The summed E-state index contributed by atoms with van der Waals surface area (Å²) in [7, 11) is 0. The van der Waals surface area contributed by atoms with E-state index >= 15 is 0 Å². The Labute approximate surface area is 65.6 Å². The van der Waals surface area contributed by atoms with Crippen molar-refractivity contribution in [3.63, 3.8) is 0 Å². The van der Waals surface area contributed by atoms with Gasteiger partial charge in [-0.15, -0.1) is 11.8 Å². The Morgan fingerprint density at radius 1 is 1.40 bits per heavy atom. The first-order valence-electron chi connectivity index (χ1n) is 3.61. The third-order valence-electron chi connectivity index (χ3n) is 1.81. The van der Waals surface area contributed by atoms with Gasteiger partial charge in [-0.25, -0.2) is 0 Å². The SMILES string of the molecule is CC1Cc2ccccc2S1. The van der Waals surface area contributed by atoms with E-state index in [1.165, 1.54) is 16.9 Å². The average molecular weight is 150 g/mol. The van der Waals surface area contributed by atoms with E-state index in [-0.39, 0.29) is 0 Å². The molecule has 1 heterocycles. The summed E-state index contributed by atoms with van der Waals surface area (Å²) >= 11 is 1.99. The van der Waals surface area contributed by atoms with Crippen LogP contribution in [0.25, 0.3) is 0 Å². The van der Waals surface area contributed by atoms with Crippen LogP contribution in [0.1, 0.15) is 12.5 Å². The number of fused-ring (bicyclic) bond motifs is 1. The summed E-state index contributed by atoms with van der Waals surface area (Å²) in [5, 5.41) is 0.789. The zero-order valence-corrected chi connectivity index (χ0v) is 6.82. The minimum absolute atomic E-state index is 0.789. The van der Waals surface area contributed by atoms with Gasteiger partial charge in [0.05, 0.1) is 0 Å². The van der Waals surface area contributed by atoms with Crippen LogP contribution in [0, 0.1) is 0 Å². The highest BCUT2D eigenvalue weighted by Crippen LogP contribution is 2.35. The van der Waals surface area contributed by atoms with Crippen LogP contribution in [-0.2, 0) is 6.42 Å². The number of hydrogen-bond donors (Lipinski definition) is 0. The van der Waals surface area contributed by atoms with Crippen LogP contribution in [0.4, 0.5) is 0 Å². The molecule has 0 radical (unpaired) electrons. The van der Waals surface area contributed by atoms with Crippen LogP contribution in [0.2, 0.25) is 0 Å². The minimum atomic E-state index is 0.789. The summed E-state index contributed by atoms with van der Waals surface area (Å²) in [6, 6.07) is 8.68. The number of thioether (sulfide) groups is 1. The molecule has 52 valence electrons. The molecule has 10 heavy (non-hydrogen) atoms. The lowest BCUT2D eigenvalue weighted by molar-refractivity contribution is 0.960. The molecule has 1 heteroatoms. The lowest BCUT2D eigenvalue weighted by Crippen LogP contribution is -1.90. The zero-order chi connectivity index (χ0) is 6.97. The fraction of sp³-hybridized carbons (Fsp3) is 0.333. The lowest BCUT2D eigenvalue weighted by atomic mass is 10.1. The number of hydrogen-bond acceptors (Lipinski definition) is 1. The van der Waals surface area contributed by atoms with E-state index in [9.17, 15) is 0 Å². The Hall–Kier alpha value is -0.430. The Kier molecular flexibility index (Phi) is 1.46. The molecular weight excluding hydrogens is 140 g/mol. The molecule has 0 saturated heterocycles. The van der Waals surface area contributed by atoms with E-state index in [0.717, 1.165) is 5.25 Å². The highest BCUT2D eigenvalue weighted by molar-refractivity contribution is 8.00. The van der Waals surface area contributed by atoms with Gasteiger partial charge in [-0.05, 0) is 18.1 Å². The third kappa shape index (κ3) is 0.948. The van der Waals surface area contributed by atoms with Gasteiger partial charge < -0.3 is 0 Å². The van der Waals surface area contributed by atoms with Gasteiger partial charge in [0.2, 0.25) is 0 Å². The van der Waals surface area contributed by atoms with Crippen molar-refractivity contribution in [2.45, 2.75) is 23.5 Å². The topological polar surface area (TPSA) is 0 Å². The van der Waals surface area contributed by atoms with Crippen LogP contribution in [0.3, 0.4) is 0 Å². The Balaban J connectivity index is 2.42. The predicted octanol–water partition coefficient (Wildman–Crippen LogP) is 2.72. The number of benzene rings is 1. The predicted molar refractivity (Wildman–Crippen MR) is 45.5 cm³/mol. The molecule has 1 aromatic carbocycles. The fourth-order valence-electron chi connectivity index (χ4n) is 1.36. The van der Waals surface area contributed by atoms with Gasteiger partial charge in [0.25, 0.3) is 0 Å². The van der Waals surface area contributed by atoms with E-state index < -0.39 is 0 Å². The highest BCUT2D eigenvalue weighted by atomic mass is 32.2. The first-order chi connectivity index (χ1) is 4.86. The van der Waals surface area contributed by atoms with Crippen LogP contribution >= 0.6 is 11.8 Å². The van der Waals surface area contributed by atoms with Crippen LogP contribution < -0.4 is 0 Å².